The molecule has 3 nitrogen and oxygen atoms in total. The molecule has 3 heteroatoms. The zero-order chi connectivity index (χ0) is 10.8. The normalized spacial score (nSPS) is 31.8. The molecule has 84 valence electrons. The fraction of sp³-hybridized carbons (Fsp3) is 0.750. The summed E-state index contributed by atoms with van der Waals surface area (Å²) in [6.07, 6.45) is 7.49. The Hall–Kier alpha value is -0.830. The van der Waals surface area contributed by atoms with Gasteiger partial charge < -0.3 is 10.3 Å². The number of hydrogen-bond acceptors (Lipinski definition) is 2. The van der Waals surface area contributed by atoms with Gasteiger partial charge in [-0.15, -0.1) is 0 Å². The lowest BCUT2D eigenvalue weighted by Gasteiger charge is -2.32. The summed E-state index contributed by atoms with van der Waals surface area (Å²) < 4.78 is 2.25. The third-order valence-electron chi connectivity index (χ3n) is 3.66. The largest absolute Gasteiger partial charge is 0.335 e. The molecule has 0 aliphatic heterocycles. The molecule has 0 radical (unpaired) electrons. The van der Waals surface area contributed by atoms with Crippen molar-refractivity contribution >= 4 is 0 Å². The lowest BCUT2D eigenvalue weighted by atomic mass is 9.77. The standard InChI is InChI=1S/C12H21N3/c1-3-15-7-6-14-12(15)11-8-10(13)5-4-9(11)2/h6-7,9-11H,3-5,8,13H2,1-2H3. The van der Waals surface area contributed by atoms with Gasteiger partial charge >= 0.3 is 0 Å². The maximum Gasteiger partial charge on any atom is 0.112 e. The first-order chi connectivity index (χ1) is 7.22. The topological polar surface area (TPSA) is 43.8 Å². The van der Waals surface area contributed by atoms with Crippen LogP contribution >= 0.6 is 0 Å². The van der Waals surface area contributed by atoms with Crippen molar-refractivity contribution in [1.29, 1.82) is 0 Å². The zero-order valence-electron chi connectivity index (χ0n) is 9.69. The molecule has 1 aromatic heterocycles. The average molecular weight is 207 g/mol. The minimum Gasteiger partial charge on any atom is -0.335 e. The Morgan fingerprint density at radius 3 is 3.07 bits per heavy atom. The smallest absolute Gasteiger partial charge is 0.112 e. The third kappa shape index (κ3) is 2.07. The van der Waals surface area contributed by atoms with E-state index in [0.29, 0.717) is 12.0 Å². The van der Waals surface area contributed by atoms with Crippen LogP contribution in [0.1, 0.15) is 44.9 Å². The van der Waals surface area contributed by atoms with Crippen molar-refractivity contribution in [3.63, 3.8) is 0 Å². The first-order valence-corrected chi connectivity index (χ1v) is 5.99. The Balaban J connectivity index is 2.20. The molecular weight excluding hydrogens is 186 g/mol. The van der Waals surface area contributed by atoms with E-state index in [1.54, 1.807) is 0 Å². The zero-order valence-corrected chi connectivity index (χ0v) is 9.69. The predicted molar refractivity (Wildman–Crippen MR) is 61.6 cm³/mol. The Bertz CT molecular complexity index is 318. The lowest BCUT2D eigenvalue weighted by molar-refractivity contribution is 0.285. The monoisotopic (exact) mass is 207 g/mol. The van der Waals surface area contributed by atoms with Crippen LogP contribution in [0.5, 0.6) is 0 Å². The summed E-state index contributed by atoms with van der Waals surface area (Å²) in [7, 11) is 0. The van der Waals surface area contributed by atoms with Gasteiger partial charge in [-0.1, -0.05) is 6.92 Å². The number of nitrogens with two attached hydrogens (primary N) is 1. The Morgan fingerprint density at radius 2 is 2.33 bits per heavy atom. The van der Waals surface area contributed by atoms with E-state index >= 15 is 0 Å². The molecule has 3 unspecified atom stereocenters. The second kappa shape index (κ2) is 4.35. The molecule has 0 saturated heterocycles. The molecule has 2 N–H and O–H groups in total. The fourth-order valence-electron chi connectivity index (χ4n) is 2.63. The SMILES string of the molecule is CCn1ccnc1C1CC(N)CCC1C. The molecular formula is C12H21N3. The summed E-state index contributed by atoms with van der Waals surface area (Å²) in [6.45, 7) is 5.50. The van der Waals surface area contributed by atoms with Crippen LogP contribution < -0.4 is 5.73 Å². The number of nitrogens with zero attached hydrogens (tertiary/aromatic N) is 2. The Kier molecular flexibility index (Phi) is 3.10. The van der Waals surface area contributed by atoms with Gasteiger partial charge in [0.1, 0.15) is 5.82 Å². The van der Waals surface area contributed by atoms with Crippen molar-refractivity contribution in [2.45, 2.75) is 51.6 Å². The lowest BCUT2D eigenvalue weighted by Crippen LogP contribution is -2.32. The maximum atomic E-state index is 6.05. The molecule has 1 fully saturated rings. The van der Waals surface area contributed by atoms with Crippen LogP contribution in [-0.2, 0) is 6.54 Å². The highest BCUT2D eigenvalue weighted by Crippen LogP contribution is 2.36. The third-order valence-corrected chi connectivity index (χ3v) is 3.66. The Labute approximate surface area is 91.7 Å². The number of aromatic nitrogens is 2. The van der Waals surface area contributed by atoms with Crippen LogP contribution in [-0.4, -0.2) is 15.6 Å². The first kappa shape index (κ1) is 10.7. The van der Waals surface area contributed by atoms with Crippen molar-refractivity contribution < 1.29 is 0 Å². The molecule has 1 saturated carbocycles. The second-order valence-corrected chi connectivity index (χ2v) is 4.73. The summed E-state index contributed by atoms with van der Waals surface area (Å²) in [6, 6.07) is 0.369. The van der Waals surface area contributed by atoms with E-state index in [-0.39, 0.29) is 0 Å². The van der Waals surface area contributed by atoms with Crippen molar-refractivity contribution in [2.24, 2.45) is 11.7 Å². The van der Waals surface area contributed by atoms with Crippen LogP contribution in [0.15, 0.2) is 12.4 Å². The number of rotatable bonds is 2. The van der Waals surface area contributed by atoms with Crippen molar-refractivity contribution in [2.75, 3.05) is 0 Å². The van der Waals surface area contributed by atoms with Crippen LogP contribution in [0.25, 0.3) is 0 Å². The highest BCUT2D eigenvalue weighted by Gasteiger charge is 2.29. The van der Waals surface area contributed by atoms with Gasteiger partial charge in [0.15, 0.2) is 0 Å². The van der Waals surface area contributed by atoms with E-state index in [2.05, 4.69) is 29.6 Å². The molecule has 1 aliphatic carbocycles. The number of imidazole rings is 1. The minimum absolute atomic E-state index is 0.369. The van der Waals surface area contributed by atoms with E-state index in [1.165, 1.54) is 18.7 Å². The molecule has 1 aromatic rings. The van der Waals surface area contributed by atoms with Gasteiger partial charge in [0.2, 0.25) is 0 Å². The summed E-state index contributed by atoms with van der Waals surface area (Å²) in [5, 5.41) is 0. The highest BCUT2D eigenvalue weighted by molar-refractivity contribution is 5.05. The Morgan fingerprint density at radius 1 is 1.53 bits per heavy atom. The van der Waals surface area contributed by atoms with Crippen LogP contribution in [0, 0.1) is 5.92 Å². The van der Waals surface area contributed by atoms with Gasteiger partial charge in [0.05, 0.1) is 0 Å². The van der Waals surface area contributed by atoms with Crippen molar-refractivity contribution in [1.82, 2.24) is 9.55 Å². The van der Waals surface area contributed by atoms with Gasteiger partial charge in [0, 0.05) is 30.9 Å². The van der Waals surface area contributed by atoms with Crippen molar-refractivity contribution in [3.8, 4) is 0 Å². The van der Waals surface area contributed by atoms with E-state index in [9.17, 15) is 0 Å². The maximum absolute atomic E-state index is 6.05. The van der Waals surface area contributed by atoms with Gasteiger partial charge in [-0.05, 0) is 32.1 Å². The van der Waals surface area contributed by atoms with E-state index in [0.717, 1.165) is 18.9 Å². The summed E-state index contributed by atoms with van der Waals surface area (Å²) >= 11 is 0. The molecule has 15 heavy (non-hydrogen) atoms. The van der Waals surface area contributed by atoms with Gasteiger partial charge in [0.25, 0.3) is 0 Å². The fourth-order valence-corrected chi connectivity index (χ4v) is 2.63. The second-order valence-electron chi connectivity index (χ2n) is 4.73. The summed E-state index contributed by atoms with van der Waals surface area (Å²) in [5.74, 6) is 2.52. The molecule has 0 bridgehead atoms. The molecule has 3 atom stereocenters. The minimum atomic E-state index is 0.369. The van der Waals surface area contributed by atoms with Crippen LogP contribution in [0.4, 0.5) is 0 Å². The average Bonchev–Trinajstić information content (AvgIpc) is 2.69. The number of aryl methyl sites for hydroxylation is 1. The van der Waals surface area contributed by atoms with Gasteiger partial charge in [-0.2, -0.15) is 0 Å². The van der Waals surface area contributed by atoms with Crippen LogP contribution in [0.2, 0.25) is 0 Å². The van der Waals surface area contributed by atoms with E-state index in [1.807, 2.05) is 6.20 Å². The molecule has 0 spiro atoms. The first-order valence-electron chi connectivity index (χ1n) is 5.99. The molecule has 1 heterocycles. The van der Waals surface area contributed by atoms with Gasteiger partial charge in [-0.25, -0.2) is 4.98 Å². The summed E-state index contributed by atoms with van der Waals surface area (Å²) in [4.78, 5) is 4.50. The molecule has 0 amide bonds. The van der Waals surface area contributed by atoms with Crippen molar-refractivity contribution in [3.05, 3.63) is 18.2 Å². The van der Waals surface area contributed by atoms with Gasteiger partial charge in [-0.3, -0.25) is 0 Å². The molecule has 1 aliphatic rings. The van der Waals surface area contributed by atoms with Crippen LogP contribution in [0.3, 0.4) is 0 Å². The van der Waals surface area contributed by atoms with E-state index in [4.69, 9.17) is 5.73 Å². The summed E-state index contributed by atoms with van der Waals surface area (Å²) in [5.41, 5.74) is 6.05. The molecule has 0 aromatic carbocycles. The predicted octanol–water partition coefficient (Wildman–Crippen LogP) is 2.13. The molecule has 2 rings (SSSR count). The highest BCUT2D eigenvalue weighted by atomic mass is 15.1. The number of hydrogen-bond donors (Lipinski definition) is 1. The van der Waals surface area contributed by atoms with E-state index < -0.39 is 0 Å². The quantitative estimate of drug-likeness (QED) is 0.807.